The SMILES string of the molecule is Cc1cc(C(=O)NCc2ccccn2)nc(NCc2ccccc2C)n1. The third kappa shape index (κ3) is 4.63. The number of nitrogens with zero attached hydrogens (tertiary/aromatic N) is 3. The van der Waals surface area contributed by atoms with Crippen LogP contribution in [0.2, 0.25) is 0 Å². The van der Waals surface area contributed by atoms with Crippen molar-refractivity contribution >= 4 is 11.9 Å². The smallest absolute Gasteiger partial charge is 0.270 e. The van der Waals surface area contributed by atoms with Gasteiger partial charge in [-0.25, -0.2) is 9.97 Å². The summed E-state index contributed by atoms with van der Waals surface area (Å²) < 4.78 is 0. The fourth-order valence-corrected chi connectivity index (χ4v) is 2.51. The molecule has 3 aromatic rings. The van der Waals surface area contributed by atoms with E-state index in [4.69, 9.17) is 0 Å². The standard InChI is InChI=1S/C20H21N5O/c1-14-7-3-4-8-16(14)12-23-20-24-15(2)11-18(25-20)19(26)22-13-17-9-5-6-10-21-17/h3-11H,12-13H2,1-2H3,(H,22,26)(H,23,24,25). The lowest BCUT2D eigenvalue weighted by Crippen LogP contribution is -2.25. The van der Waals surface area contributed by atoms with E-state index in [-0.39, 0.29) is 5.91 Å². The van der Waals surface area contributed by atoms with E-state index in [2.05, 4.69) is 44.6 Å². The van der Waals surface area contributed by atoms with E-state index in [1.54, 1.807) is 12.3 Å². The molecule has 0 saturated carbocycles. The second kappa shape index (κ2) is 8.20. The summed E-state index contributed by atoms with van der Waals surface area (Å²) >= 11 is 0. The molecule has 0 saturated heterocycles. The van der Waals surface area contributed by atoms with Crippen LogP contribution in [0.3, 0.4) is 0 Å². The Morgan fingerprint density at radius 3 is 2.58 bits per heavy atom. The van der Waals surface area contributed by atoms with E-state index >= 15 is 0 Å². The molecule has 0 radical (unpaired) electrons. The topological polar surface area (TPSA) is 79.8 Å². The fraction of sp³-hybridized carbons (Fsp3) is 0.200. The Labute approximate surface area is 152 Å². The van der Waals surface area contributed by atoms with Crippen molar-refractivity contribution < 1.29 is 4.79 Å². The van der Waals surface area contributed by atoms with Crippen LogP contribution in [-0.2, 0) is 13.1 Å². The van der Waals surface area contributed by atoms with Gasteiger partial charge < -0.3 is 10.6 Å². The average molecular weight is 347 g/mol. The van der Waals surface area contributed by atoms with Gasteiger partial charge in [-0.15, -0.1) is 0 Å². The quantitative estimate of drug-likeness (QED) is 0.716. The normalized spacial score (nSPS) is 10.4. The number of rotatable bonds is 6. The van der Waals surface area contributed by atoms with Gasteiger partial charge in [0.25, 0.3) is 5.91 Å². The van der Waals surface area contributed by atoms with E-state index in [9.17, 15) is 4.79 Å². The molecule has 0 fully saturated rings. The van der Waals surface area contributed by atoms with Crippen LogP contribution in [-0.4, -0.2) is 20.9 Å². The Kier molecular flexibility index (Phi) is 5.53. The molecule has 3 rings (SSSR count). The van der Waals surface area contributed by atoms with Gasteiger partial charge in [0, 0.05) is 18.4 Å². The molecule has 1 amide bonds. The molecule has 0 unspecified atom stereocenters. The molecule has 2 aromatic heterocycles. The van der Waals surface area contributed by atoms with Gasteiger partial charge in [-0.3, -0.25) is 9.78 Å². The first kappa shape index (κ1) is 17.5. The first-order valence-corrected chi connectivity index (χ1v) is 8.44. The van der Waals surface area contributed by atoms with Crippen molar-refractivity contribution in [3.8, 4) is 0 Å². The lowest BCUT2D eigenvalue weighted by Gasteiger charge is -2.10. The number of pyridine rings is 1. The number of hydrogen-bond acceptors (Lipinski definition) is 5. The number of aromatic nitrogens is 3. The van der Waals surface area contributed by atoms with Gasteiger partial charge in [0.15, 0.2) is 0 Å². The molecule has 0 spiro atoms. The summed E-state index contributed by atoms with van der Waals surface area (Å²) in [4.78, 5) is 25.3. The van der Waals surface area contributed by atoms with Crippen LogP contribution in [0.4, 0.5) is 5.95 Å². The Morgan fingerprint density at radius 2 is 1.81 bits per heavy atom. The molecule has 0 aliphatic carbocycles. The van der Waals surface area contributed by atoms with E-state index in [0.29, 0.717) is 24.7 Å². The summed E-state index contributed by atoms with van der Waals surface area (Å²) in [6, 6.07) is 15.4. The minimum absolute atomic E-state index is 0.250. The number of aryl methyl sites for hydroxylation is 2. The molecule has 1 aromatic carbocycles. The molecule has 0 aliphatic rings. The number of carbonyl (C=O) groups is 1. The van der Waals surface area contributed by atoms with Crippen LogP contribution < -0.4 is 10.6 Å². The van der Waals surface area contributed by atoms with E-state index < -0.39 is 0 Å². The summed E-state index contributed by atoms with van der Waals surface area (Å²) in [5.74, 6) is 0.191. The zero-order valence-electron chi connectivity index (χ0n) is 14.9. The van der Waals surface area contributed by atoms with Gasteiger partial charge in [-0.2, -0.15) is 0 Å². The number of anilines is 1. The monoisotopic (exact) mass is 347 g/mol. The van der Waals surface area contributed by atoms with Crippen molar-refractivity contribution in [2.75, 3.05) is 5.32 Å². The van der Waals surface area contributed by atoms with E-state index in [0.717, 1.165) is 11.4 Å². The first-order valence-electron chi connectivity index (χ1n) is 8.44. The number of benzene rings is 1. The highest BCUT2D eigenvalue weighted by molar-refractivity contribution is 5.92. The summed E-state index contributed by atoms with van der Waals surface area (Å²) in [6.07, 6.45) is 1.70. The molecule has 6 nitrogen and oxygen atoms in total. The fourth-order valence-electron chi connectivity index (χ4n) is 2.51. The van der Waals surface area contributed by atoms with Crippen molar-refractivity contribution in [3.05, 3.63) is 82.9 Å². The maximum atomic E-state index is 12.4. The van der Waals surface area contributed by atoms with E-state index in [1.165, 1.54) is 11.1 Å². The summed E-state index contributed by atoms with van der Waals surface area (Å²) in [7, 11) is 0. The lowest BCUT2D eigenvalue weighted by atomic mass is 10.1. The molecule has 2 heterocycles. The third-order valence-electron chi connectivity index (χ3n) is 3.94. The average Bonchev–Trinajstić information content (AvgIpc) is 2.66. The van der Waals surface area contributed by atoms with Crippen molar-refractivity contribution in [1.82, 2.24) is 20.3 Å². The van der Waals surface area contributed by atoms with Crippen molar-refractivity contribution in [2.45, 2.75) is 26.9 Å². The Bertz CT molecular complexity index is 896. The number of carbonyl (C=O) groups excluding carboxylic acids is 1. The lowest BCUT2D eigenvalue weighted by molar-refractivity contribution is 0.0945. The highest BCUT2D eigenvalue weighted by Gasteiger charge is 2.11. The van der Waals surface area contributed by atoms with Gasteiger partial charge in [-0.05, 0) is 43.2 Å². The minimum atomic E-state index is -0.250. The van der Waals surface area contributed by atoms with Crippen molar-refractivity contribution in [3.63, 3.8) is 0 Å². The number of nitrogens with one attached hydrogen (secondary N) is 2. The molecule has 0 atom stereocenters. The zero-order valence-corrected chi connectivity index (χ0v) is 14.9. The second-order valence-electron chi connectivity index (χ2n) is 6.00. The first-order chi connectivity index (χ1) is 12.6. The number of amides is 1. The Hall–Kier alpha value is -3.28. The van der Waals surface area contributed by atoms with Crippen LogP contribution >= 0.6 is 0 Å². The molecule has 0 bridgehead atoms. The molecule has 6 heteroatoms. The molecule has 132 valence electrons. The van der Waals surface area contributed by atoms with Crippen LogP contribution in [0.1, 0.15) is 33.0 Å². The third-order valence-corrected chi connectivity index (χ3v) is 3.94. The molecule has 26 heavy (non-hydrogen) atoms. The Morgan fingerprint density at radius 1 is 1.00 bits per heavy atom. The van der Waals surface area contributed by atoms with Gasteiger partial charge >= 0.3 is 0 Å². The predicted octanol–water partition coefficient (Wildman–Crippen LogP) is 3.03. The summed E-state index contributed by atoms with van der Waals surface area (Å²) in [5, 5.41) is 6.03. The van der Waals surface area contributed by atoms with E-state index in [1.807, 2.05) is 37.3 Å². The van der Waals surface area contributed by atoms with Crippen molar-refractivity contribution in [2.24, 2.45) is 0 Å². The maximum Gasteiger partial charge on any atom is 0.270 e. The Balaban J connectivity index is 1.67. The minimum Gasteiger partial charge on any atom is -0.350 e. The second-order valence-corrected chi connectivity index (χ2v) is 6.00. The predicted molar refractivity (Wildman–Crippen MR) is 101 cm³/mol. The molecule has 0 aliphatic heterocycles. The van der Waals surface area contributed by atoms with Crippen LogP contribution in [0.15, 0.2) is 54.7 Å². The summed E-state index contributed by atoms with van der Waals surface area (Å²) in [6.45, 7) is 4.86. The summed E-state index contributed by atoms with van der Waals surface area (Å²) in [5.41, 5.74) is 4.22. The highest BCUT2D eigenvalue weighted by Crippen LogP contribution is 2.11. The zero-order chi connectivity index (χ0) is 18.4. The van der Waals surface area contributed by atoms with Gasteiger partial charge in [0.2, 0.25) is 5.95 Å². The highest BCUT2D eigenvalue weighted by atomic mass is 16.1. The molecule has 2 N–H and O–H groups in total. The maximum absolute atomic E-state index is 12.4. The van der Waals surface area contributed by atoms with Crippen LogP contribution in [0.25, 0.3) is 0 Å². The number of hydrogen-bond donors (Lipinski definition) is 2. The van der Waals surface area contributed by atoms with Gasteiger partial charge in [0.1, 0.15) is 5.69 Å². The van der Waals surface area contributed by atoms with Crippen molar-refractivity contribution in [1.29, 1.82) is 0 Å². The molecular formula is C20H21N5O. The van der Waals surface area contributed by atoms with Gasteiger partial charge in [-0.1, -0.05) is 30.3 Å². The molecular weight excluding hydrogens is 326 g/mol. The van der Waals surface area contributed by atoms with Gasteiger partial charge in [0.05, 0.1) is 12.2 Å². The van der Waals surface area contributed by atoms with Crippen LogP contribution in [0, 0.1) is 13.8 Å². The van der Waals surface area contributed by atoms with Crippen LogP contribution in [0.5, 0.6) is 0 Å². The largest absolute Gasteiger partial charge is 0.350 e.